The lowest BCUT2D eigenvalue weighted by atomic mass is 10.1. The Balaban J connectivity index is 0.00000288. The van der Waals surface area contributed by atoms with E-state index in [0.29, 0.717) is 31.7 Å². The number of nitrogens with two attached hydrogens (primary N) is 1. The van der Waals surface area contributed by atoms with Gasteiger partial charge in [-0.25, -0.2) is 0 Å². The summed E-state index contributed by atoms with van der Waals surface area (Å²) in [5, 5.41) is 2.88. The molecule has 0 aromatic heterocycles. The predicted molar refractivity (Wildman–Crippen MR) is 96.0 cm³/mol. The molecule has 1 saturated heterocycles. The third-order valence-corrected chi connectivity index (χ3v) is 4.06. The molecule has 0 spiro atoms. The van der Waals surface area contributed by atoms with Gasteiger partial charge < -0.3 is 20.7 Å². The smallest absolute Gasteiger partial charge is 0.253 e. The van der Waals surface area contributed by atoms with Gasteiger partial charge in [0.1, 0.15) is 6.10 Å². The summed E-state index contributed by atoms with van der Waals surface area (Å²) < 4.78 is 5.60. The molecule has 1 heterocycles. The molecule has 0 unspecified atom stereocenters. The van der Waals surface area contributed by atoms with Crippen molar-refractivity contribution in [3.05, 3.63) is 29.8 Å². The first kappa shape index (κ1) is 20.4. The normalized spacial score (nSPS) is 19.5. The van der Waals surface area contributed by atoms with Crippen molar-refractivity contribution >= 4 is 29.9 Å². The van der Waals surface area contributed by atoms with E-state index in [2.05, 4.69) is 5.32 Å². The van der Waals surface area contributed by atoms with Crippen LogP contribution in [-0.4, -0.2) is 42.0 Å². The van der Waals surface area contributed by atoms with Crippen molar-refractivity contribution in [3.63, 3.8) is 0 Å². The van der Waals surface area contributed by atoms with Gasteiger partial charge in [0, 0.05) is 32.2 Å². The lowest BCUT2D eigenvalue weighted by Crippen LogP contribution is -2.30. The largest absolute Gasteiger partial charge is 0.364 e. The number of nitrogens with zero attached hydrogens (tertiary/aromatic N) is 1. The molecule has 0 aliphatic carbocycles. The molecular formula is C17H26ClN3O3. The molecule has 2 atom stereocenters. The van der Waals surface area contributed by atoms with Gasteiger partial charge in [-0.3, -0.25) is 9.59 Å². The number of ether oxygens (including phenoxy) is 1. The fourth-order valence-electron chi connectivity index (χ4n) is 2.71. The molecule has 1 aromatic rings. The van der Waals surface area contributed by atoms with Gasteiger partial charge in [0.05, 0.1) is 6.10 Å². The van der Waals surface area contributed by atoms with Gasteiger partial charge in [-0.05, 0) is 37.5 Å². The summed E-state index contributed by atoms with van der Waals surface area (Å²) in [6.45, 7) is 5.13. The zero-order chi connectivity index (χ0) is 16.8. The minimum absolute atomic E-state index is 0. The van der Waals surface area contributed by atoms with Crippen LogP contribution in [0.5, 0.6) is 0 Å². The van der Waals surface area contributed by atoms with Crippen molar-refractivity contribution in [2.75, 3.05) is 18.4 Å². The molecule has 3 N–H and O–H groups in total. The average Bonchev–Trinajstić information content (AvgIpc) is 3.02. The molecule has 1 aliphatic rings. The number of nitrogens with one attached hydrogen (secondary N) is 1. The quantitative estimate of drug-likeness (QED) is 0.816. The minimum Gasteiger partial charge on any atom is -0.364 e. The fourth-order valence-corrected chi connectivity index (χ4v) is 2.71. The monoisotopic (exact) mass is 355 g/mol. The van der Waals surface area contributed by atoms with Crippen LogP contribution in [0.3, 0.4) is 0 Å². The van der Waals surface area contributed by atoms with Crippen LogP contribution in [0.15, 0.2) is 24.3 Å². The first-order valence-corrected chi connectivity index (χ1v) is 8.04. The minimum atomic E-state index is -0.434. The summed E-state index contributed by atoms with van der Waals surface area (Å²) in [7, 11) is 0. The molecule has 0 bridgehead atoms. The second-order valence-electron chi connectivity index (χ2n) is 5.78. The molecule has 1 aliphatic heterocycles. The van der Waals surface area contributed by atoms with Crippen molar-refractivity contribution in [1.29, 1.82) is 0 Å². The van der Waals surface area contributed by atoms with Gasteiger partial charge in [0.15, 0.2) is 0 Å². The SMILES string of the molecule is CCN(Cc1cccc(NC(=O)[C@@H]2CC[C@H](CN)O2)c1)C(C)=O.Cl. The Morgan fingerprint density at radius 1 is 1.38 bits per heavy atom. The molecule has 7 heteroatoms. The summed E-state index contributed by atoms with van der Waals surface area (Å²) in [5.41, 5.74) is 7.26. The summed E-state index contributed by atoms with van der Waals surface area (Å²) in [5.74, 6) is -0.105. The number of amides is 2. The van der Waals surface area contributed by atoms with Crippen molar-refractivity contribution in [3.8, 4) is 0 Å². The number of hydrogen-bond donors (Lipinski definition) is 2. The standard InChI is InChI=1S/C17H25N3O3.ClH/c1-3-20(12(2)21)11-13-5-4-6-14(9-13)19-17(22)16-8-7-15(10-18)23-16;/h4-6,9,15-16H,3,7-8,10-11,18H2,1-2H3,(H,19,22);1H/t15-,16+;/m1./s1. The summed E-state index contributed by atoms with van der Waals surface area (Å²) in [4.78, 5) is 25.5. The summed E-state index contributed by atoms with van der Waals surface area (Å²) >= 11 is 0. The topological polar surface area (TPSA) is 84.7 Å². The van der Waals surface area contributed by atoms with Crippen molar-refractivity contribution in [2.24, 2.45) is 5.73 Å². The Bertz CT molecular complexity index is 568. The molecule has 24 heavy (non-hydrogen) atoms. The molecule has 0 radical (unpaired) electrons. The number of hydrogen-bond acceptors (Lipinski definition) is 4. The number of carbonyl (C=O) groups is 2. The number of halogens is 1. The Hall–Kier alpha value is -1.63. The number of benzene rings is 1. The molecule has 0 saturated carbocycles. The van der Waals surface area contributed by atoms with Crippen LogP contribution in [0.2, 0.25) is 0 Å². The van der Waals surface area contributed by atoms with Crippen LogP contribution in [0.1, 0.15) is 32.3 Å². The fraction of sp³-hybridized carbons (Fsp3) is 0.529. The lowest BCUT2D eigenvalue weighted by Gasteiger charge is -2.19. The van der Waals surface area contributed by atoms with Gasteiger partial charge >= 0.3 is 0 Å². The Morgan fingerprint density at radius 3 is 2.71 bits per heavy atom. The average molecular weight is 356 g/mol. The second-order valence-corrected chi connectivity index (χ2v) is 5.78. The van der Waals surface area contributed by atoms with Crippen LogP contribution in [0, 0.1) is 0 Å². The van der Waals surface area contributed by atoms with Crippen LogP contribution in [0.25, 0.3) is 0 Å². The van der Waals surface area contributed by atoms with Crippen LogP contribution in [0.4, 0.5) is 5.69 Å². The molecule has 1 aromatic carbocycles. The van der Waals surface area contributed by atoms with Gasteiger partial charge in [-0.1, -0.05) is 12.1 Å². The first-order chi connectivity index (χ1) is 11.0. The highest BCUT2D eigenvalue weighted by Crippen LogP contribution is 2.21. The Morgan fingerprint density at radius 2 is 2.12 bits per heavy atom. The first-order valence-electron chi connectivity index (χ1n) is 8.04. The van der Waals surface area contributed by atoms with Gasteiger partial charge in [0.2, 0.25) is 5.91 Å². The third kappa shape index (κ3) is 5.47. The maximum Gasteiger partial charge on any atom is 0.253 e. The van der Waals surface area contributed by atoms with E-state index in [1.165, 1.54) is 0 Å². The number of rotatable bonds is 6. The molecule has 2 amide bonds. The van der Waals surface area contributed by atoms with E-state index in [-0.39, 0.29) is 30.3 Å². The van der Waals surface area contributed by atoms with E-state index in [0.717, 1.165) is 12.0 Å². The van der Waals surface area contributed by atoms with Crippen molar-refractivity contribution in [2.45, 2.75) is 45.4 Å². The van der Waals surface area contributed by atoms with E-state index in [1.807, 2.05) is 31.2 Å². The van der Waals surface area contributed by atoms with Gasteiger partial charge in [-0.15, -0.1) is 12.4 Å². The molecular weight excluding hydrogens is 330 g/mol. The summed E-state index contributed by atoms with van der Waals surface area (Å²) in [6, 6.07) is 7.54. The Labute approximate surface area is 149 Å². The van der Waals surface area contributed by atoms with E-state index >= 15 is 0 Å². The zero-order valence-electron chi connectivity index (χ0n) is 14.2. The van der Waals surface area contributed by atoms with Crippen LogP contribution in [-0.2, 0) is 20.9 Å². The zero-order valence-corrected chi connectivity index (χ0v) is 15.0. The van der Waals surface area contributed by atoms with Crippen LogP contribution >= 0.6 is 12.4 Å². The van der Waals surface area contributed by atoms with E-state index in [9.17, 15) is 9.59 Å². The van der Waals surface area contributed by atoms with Crippen LogP contribution < -0.4 is 11.1 Å². The molecule has 1 fully saturated rings. The van der Waals surface area contributed by atoms with E-state index in [1.54, 1.807) is 11.8 Å². The van der Waals surface area contributed by atoms with Gasteiger partial charge in [-0.2, -0.15) is 0 Å². The molecule has 6 nitrogen and oxygen atoms in total. The second kappa shape index (κ2) is 9.61. The lowest BCUT2D eigenvalue weighted by molar-refractivity contribution is -0.129. The summed E-state index contributed by atoms with van der Waals surface area (Å²) in [6.07, 6.45) is 1.06. The van der Waals surface area contributed by atoms with Crippen molar-refractivity contribution < 1.29 is 14.3 Å². The third-order valence-electron chi connectivity index (χ3n) is 4.06. The highest BCUT2D eigenvalue weighted by molar-refractivity contribution is 5.94. The van der Waals surface area contributed by atoms with Crippen molar-refractivity contribution in [1.82, 2.24) is 4.90 Å². The maximum absolute atomic E-state index is 12.2. The number of carbonyl (C=O) groups excluding carboxylic acids is 2. The van der Waals surface area contributed by atoms with Gasteiger partial charge in [0.25, 0.3) is 5.91 Å². The highest BCUT2D eigenvalue weighted by atomic mass is 35.5. The molecule has 2 rings (SSSR count). The number of anilines is 1. The Kier molecular flexibility index (Phi) is 8.18. The van der Waals surface area contributed by atoms with E-state index < -0.39 is 6.10 Å². The predicted octanol–water partition coefficient (Wildman–Crippen LogP) is 1.92. The maximum atomic E-state index is 12.2. The van der Waals surface area contributed by atoms with E-state index in [4.69, 9.17) is 10.5 Å². The molecule has 134 valence electrons. The highest BCUT2D eigenvalue weighted by Gasteiger charge is 2.29.